The minimum absolute atomic E-state index is 0.0455. The van der Waals surface area contributed by atoms with Gasteiger partial charge in [0.15, 0.2) is 0 Å². The van der Waals surface area contributed by atoms with Crippen molar-refractivity contribution in [2.45, 2.75) is 58.4 Å². The number of thiophene rings is 1. The maximum absolute atomic E-state index is 13.4. The van der Waals surface area contributed by atoms with E-state index in [-0.39, 0.29) is 22.7 Å². The Labute approximate surface area is 181 Å². The van der Waals surface area contributed by atoms with Crippen LogP contribution in [0.15, 0.2) is 16.0 Å². The molecule has 0 bridgehead atoms. The lowest BCUT2D eigenvalue weighted by molar-refractivity contribution is -0.121. The molecule has 1 N–H and O–H groups in total. The van der Waals surface area contributed by atoms with Gasteiger partial charge in [0.2, 0.25) is 15.9 Å². The molecule has 10 heteroatoms. The molecule has 8 nitrogen and oxygen atoms in total. The smallest absolute Gasteiger partial charge is 0.263 e. The summed E-state index contributed by atoms with van der Waals surface area (Å²) in [5.41, 5.74) is -0.493. The maximum Gasteiger partial charge on any atom is 0.263 e. The standard InChI is InChI=1S/C20H30N4O4S2/c1-13(2)5-8-21-16(25)11-23-12-22-19-17(20(23)26)18(15(4)29-19)30(27,28)24-9-6-14(3)7-10-24/h12-14H,5-11H2,1-4H3,(H,21,25). The van der Waals surface area contributed by atoms with E-state index in [1.807, 2.05) is 0 Å². The van der Waals surface area contributed by atoms with Crippen molar-refractivity contribution in [3.05, 3.63) is 21.6 Å². The predicted molar refractivity (Wildman–Crippen MR) is 118 cm³/mol. The van der Waals surface area contributed by atoms with E-state index in [9.17, 15) is 18.0 Å². The van der Waals surface area contributed by atoms with E-state index in [0.717, 1.165) is 19.3 Å². The van der Waals surface area contributed by atoms with Crippen molar-refractivity contribution in [2.24, 2.45) is 11.8 Å². The van der Waals surface area contributed by atoms with E-state index >= 15 is 0 Å². The van der Waals surface area contributed by atoms with Crippen molar-refractivity contribution in [2.75, 3.05) is 19.6 Å². The first kappa shape index (κ1) is 22.9. The molecule has 0 aromatic carbocycles. The van der Waals surface area contributed by atoms with Gasteiger partial charge in [-0.1, -0.05) is 20.8 Å². The highest BCUT2D eigenvalue weighted by atomic mass is 32.2. The molecule has 166 valence electrons. The molecule has 2 aromatic heterocycles. The number of amides is 1. The molecule has 30 heavy (non-hydrogen) atoms. The Kier molecular flexibility index (Phi) is 6.98. The number of fused-ring (bicyclic) bond motifs is 1. The summed E-state index contributed by atoms with van der Waals surface area (Å²) in [5, 5.41) is 2.88. The Morgan fingerprint density at radius 2 is 2.00 bits per heavy atom. The molecule has 1 amide bonds. The van der Waals surface area contributed by atoms with Crippen molar-refractivity contribution in [1.29, 1.82) is 0 Å². The van der Waals surface area contributed by atoms with E-state index in [1.165, 1.54) is 26.5 Å². The summed E-state index contributed by atoms with van der Waals surface area (Å²) in [5.74, 6) is 0.663. The van der Waals surface area contributed by atoms with E-state index in [4.69, 9.17) is 0 Å². The van der Waals surface area contributed by atoms with Crippen LogP contribution < -0.4 is 10.9 Å². The Hall–Kier alpha value is -1.78. The second kappa shape index (κ2) is 9.15. The number of aryl methyl sites for hydroxylation is 1. The van der Waals surface area contributed by atoms with Crippen molar-refractivity contribution < 1.29 is 13.2 Å². The molecule has 0 unspecified atom stereocenters. The lowest BCUT2D eigenvalue weighted by Gasteiger charge is -2.29. The number of nitrogens with zero attached hydrogens (tertiary/aromatic N) is 3. The Morgan fingerprint density at radius 3 is 2.63 bits per heavy atom. The zero-order chi connectivity index (χ0) is 22.1. The molecule has 0 radical (unpaired) electrons. The molecule has 0 spiro atoms. The lowest BCUT2D eigenvalue weighted by Crippen LogP contribution is -2.38. The highest BCUT2D eigenvalue weighted by Gasteiger charge is 2.33. The molecular weight excluding hydrogens is 424 g/mol. The molecule has 0 aliphatic carbocycles. The van der Waals surface area contributed by atoms with Crippen LogP contribution in [0.3, 0.4) is 0 Å². The summed E-state index contributed by atoms with van der Waals surface area (Å²) >= 11 is 1.20. The monoisotopic (exact) mass is 454 g/mol. The average molecular weight is 455 g/mol. The Balaban J connectivity index is 1.93. The van der Waals surface area contributed by atoms with Gasteiger partial charge in [-0.2, -0.15) is 4.31 Å². The van der Waals surface area contributed by atoms with Crippen LogP contribution in [0.25, 0.3) is 10.2 Å². The van der Waals surface area contributed by atoms with Crippen LogP contribution in [-0.4, -0.2) is 47.8 Å². The van der Waals surface area contributed by atoms with Crippen molar-refractivity contribution >= 4 is 37.5 Å². The Morgan fingerprint density at radius 1 is 1.33 bits per heavy atom. The topological polar surface area (TPSA) is 101 Å². The number of sulfonamides is 1. The molecule has 0 saturated carbocycles. The second-order valence-corrected chi connectivity index (χ2v) is 11.5. The van der Waals surface area contributed by atoms with Crippen LogP contribution in [0.1, 0.15) is 44.9 Å². The number of carbonyl (C=O) groups excluding carboxylic acids is 1. The largest absolute Gasteiger partial charge is 0.355 e. The minimum atomic E-state index is -3.80. The molecule has 2 aromatic rings. The minimum Gasteiger partial charge on any atom is -0.355 e. The van der Waals surface area contributed by atoms with E-state index in [2.05, 4.69) is 31.1 Å². The summed E-state index contributed by atoms with van der Waals surface area (Å²) in [7, 11) is -3.80. The Bertz CT molecular complexity index is 1080. The zero-order valence-electron chi connectivity index (χ0n) is 18.0. The molecule has 1 aliphatic heterocycles. The van der Waals surface area contributed by atoms with E-state index < -0.39 is 15.6 Å². The summed E-state index contributed by atoms with van der Waals surface area (Å²) in [6.07, 6.45) is 3.78. The van der Waals surface area contributed by atoms with E-state index in [1.54, 1.807) is 6.92 Å². The van der Waals surface area contributed by atoms with Gasteiger partial charge < -0.3 is 5.32 Å². The van der Waals surface area contributed by atoms with Gasteiger partial charge in [0, 0.05) is 24.5 Å². The van der Waals surface area contributed by atoms with Gasteiger partial charge in [-0.05, 0) is 38.0 Å². The molecule has 3 rings (SSSR count). The van der Waals surface area contributed by atoms with Gasteiger partial charge >= 0.3 is 0 Å². The molecular formula is C20H30N4O4S2. The number of rotatable bonds is 7. The van der Waals surface area contributed by atoms with Crippen LogP contribution in [-0.2, 0) is 21.4 Å². The fraction of sp³-hybridized carbons (Fsp3) is 0.650. The van der Waals surface area contributed by atoms with Gasteiger partial charge in [-0.15, -0.1) is 11.3 Å². The molecule has 3 heterocycles. The number of piperidine rings is 1. The second-order valence-electron chi connectivity index (χ2n) is 8.46. The third-order valence-electron chi connectivity index (χ3n) is 5.50. The number of nitrogens with one attached hydrogen (secondary N) is 1. The lowest BCUT2D eigenvalue weighted by atomic mass is 10.0. The van der Waals surface area contributed by atoms with Gasteiger partial charge in [0.25, 0.3) is 5.56 Å². The first-order valence-corrected chi connectivity index (χ1v) is 12.6. The quantitative estimate of drug-likeness (QED) is 0.692. The zero-order valence-corrected chi connectivity index (χ0v) is 19.6. The summed E-state index contributed by atoms with van der Waals surface area (Å²) < 4.78 is 29.4. The van der Waals surface area contributed by atoms with Crippen molar-refractivity contribution in [3.8, 4) is 0 Å². The normalized spacial score (nSPS) is 16.4. The van der Waals surface area contributed by atoms with Crippen LogP contribution in [0.5, 0.6) is 0 Å². The fourth-order valence-electron chi connectivity index (χ4n) is 3.60. The van der Waals surface area contributed by atoms with Crippen LogP contribution >= 0.6 is 11.3 Å². The van der Waals surface area contributed by atoms with Gasteiger partial charge in [-0.25, -0.2) is 13.4 Å². The van der Waals surface area contributed by atoms with Crippen molar-refractivity contribution in [1.82, 2.24) is 19.2 Å². The summed E-state index contributed by atoms with van der Waals surface area (Å²) in [6.45, 7) is 9.20. The molecule has 0 atom stereocenters. The first-order valence-electron chi connectivity index (χ1n) is 10.4. The summed E-state index contributed by atoms with van der Waals surface area (Å²) in [6, 6.07) is 0. The number of hydrogen-bond acceptors (Lipinski definition) is 6. The van der Waals surface area contributed by atoms with Gasteiger partial charge in [0.1, 0.15) is 16.3 Å². The predicted octanol–water partition coefficient (Wildman–Crippen LogP) is 2.35. The van der Waals surface area contributed by atoms with E-state index in [0.29, 0.717) is 41.2 Å². The number of aromatic nitrogens is 2. The van der Waals surface area contributed by atoms with Gasteiger partial charge in [-0.3, -0.25) is 14.2 Å². The molecule has 1 fully saturated rings. The average Bonchev–Trinajstić information content (AvgIpc) is 3.01. The fourth-order valence-corrected chi connectivity index (χ4v) is 6.74. The number of carbonyl (C=O) groups is 1. The SMILES string of the molecule is Cc1sc2ncn(CC(=O)NCCC(C)C)c(=O)c2c1S(=O)(=O)N1CCC(C)CC1. The molecule has 1 aliphatic rings. The van der Waals surface area contributed by atoms with Crippen LogP contribution in [0.4, 0.5) is 0 Å². The summed E-state index contributed by atoms with van der Waals surface area (Å²) in [4.78, 5) is 30.6. The molecule has 1 saturated heterocycles. The maximum atomic E-state index is 13.4. The number of hydrogen-bond donors (Lipinski definition) is 1. The van der Waals surface area contributed by atoms with Crippen LogP contribution in [0.2, 0.25) is 0 Å². The highest BCUT2D eigenvalue weighted by Crippen LogP contribution is 2.34. The third-order valence-corrected chi connectivity index (χ3v) is 8.71. The van der Waals surface area contributed by atoms with Crippen LogP contribution in [0, 0.1) is 18.8 Å². The van der Waals surface area contributed by atoms with Crippen molar-refractivity contribution in [3.63, 3.8) is 0 Å². The van der Waals surface area contributed by atoms with Gasteiger partial charge in [0.05, 0.1) is 11.7 Å². The first-order chi connectivity index (χ1) is 14.1. The third kappa shape index (κ3) is 4.76. The highest BCUT2D eigenvalue weighted by molar-refractivity contribution is 7.89.